The van der Waals surface area contributed by atoms with Gasteiger partial charge in [-0.15, -0.1) is 0 Å². The number of amides is 4. The number of nitrogens with one attached hydrogen (secondary N) is 2. The maximum absolute atomic E-state index is 12.8. The van der Waals surface area contributed by atoms with E-state index < -0.39 is 11.6 Å². The van der Waals surface area contributed by atoms with E-state index in [9.17, 15) is 14.4 Å². The summed E-state index contributed by atoms with van der Waals surface area (Å²) in [6.07, 6.45) is 5.10. The van der Waals surface area contributed by atoms with Crippen LogP contribution in [0, 0.1) is 5.92 Å². The highest BCUT2D eigenvalue weighted by atomic mass is 16.2. The summed E-state index contributed by atoms with van der Waals surface area (Å²) < 4.78 is 1.81. The zero-order chi connectivity index (χ0) is 19.2. The molecule has 9 nitrogen and oxygen atoms in total. The van der Waals surface area contributed by atoms with Crippen LogP contribution in [0.1, 0.15) is 36.5 Å². The number of carbonyl (C=O) groups excluding carboxylic acids is 3. The number of aromatic nitrogens is 3. The van der Waals surface area contributed by atoms with Crippen LogP contribution in [0.3, 0.4) is 0 Å². The normalized spacial score (nSPS) is 23.6. The number of imide groups is 1. The first-order valence-corrected chi connectivity index (χ1v) is 9.14. The zero-order valence-electron chi connectivity index (χ0n) is 15.4. The maximum Gasteiger partial charge on any atom is 0.322 e. The highest BCUT2D eigenvalue weighted by Gasteiger charge is 2.51. The average molecular weight is 370 g/mol. The first kappa shape index (κ1) is 17.4. The third-order valence-corrected chi connectivity index (χ3v) is 5.80. The summed E-state index contributed by atoms with van der Waals surface area (Å²) in [5, 5.41) is 5.16. The Kier molecular flexibility index (Phi) is 4.09. The van der Waals surface area contributed by atoms with Crippen LogP contribution in [-0.2, 0) is 11.8 Å². The number of fused-ring (bicyclic) bond motifs is 1. The largest absolute Gasteiger partial charge is 0.339 e. The summed E-state index contributed by atoms with van der Waals surface area (Å²) in [4.78, 5) is 47.1. The second-order valence-corrected chi connectivity index (χ2v) is 7.22. The molecule has 27 heavy (non-hydrogen) atoms. The van der Waals surface area contributed by atoms with Gasteiger partial charge in [0.1, 0.15) is 11.1 Å². The number of aryl methyl sites for hydroxylation is 1. The lowest BCUT2D eigenvalue weighted by atomic mass is 9.76. The smallest absolute Gasteiger partial charge is 0.322 e. The molecular weight excluding hydrogens is 348 g/mol. The van der Waals surface area contributed by atoms with Gasteiger partial charge in [0.15, 0.2) is 5.65 Å². The Balaban J connectivity index is 1.47. The van der Waals surface area contributed by atoms with Crippen LogP contribution >= 0.6 is 0 Å². The van der Waals surface area contributed by atoms with Crippen molar-refractivity contribution < 1.29 is 14.4 Å². The Morgan fingerprint density at radius 2 is 2.04 bits per heavy atom. The molecule has 0 bridgehead atoms. The van der Waals surface area contributed by atoms with Gasteiger partial charge in [-0.2, -0.15) is 0 Å². The van der Waals surface area contributed by atoms with E-state index in [1.54, 1.807) is 28.1 Å². The molecule has 1 unspecified atom stereocenters. The molecule has 2 aromatic rings. The minimum atomic E-state index is -0.860. The van der Waals surface area contributed by atoms with Crippen molar-refractivity contribution in [2.24, 2.45) is 13.0 Å². The van der Waals surface area contributed by atoms with Gasteiger partial charge in [-0.1, -0.05) is 6.92 Å². The van der Waals surface area contributed by atoms with E-state index in [1.807, 2.05) is 14.0 Å². The monoisotopic (exact) mass is 370 g/mol. The number of imidazole rings is 1. The molecule has 0 aromatic carbocycles. The van der Waals surface area contributed by atoms with Crippen molar-refractivity contribution in [3.63, 3.8) is 0 Å². The number of urea groups is 1. The Morgan fingerprint density at radius 3 is 2.67 bits per heavy atom. The van der Waals surface area contributed by atoms with Crippen molar-refractivity contribution >= 4 is 29.0 Å². The molecular formula is C18H22N6O3. The van der Waals surface area contributed by atoms with Gasteiger partial charge in [0.05, 0.1) is 11.9 Å². The topological polar surface area (TPSA) is 109 Å². The van der Waals surface area contributed by atoms with Crippen LogP contribution in [0.15, 0.2) is 18.6 Å². The number of pyridine rings is 1. The van der Waals surface area contributed by atoms with Crippen molar-refractivity contribution in [3.8, 4) is 0 Å². The summed E-state index contributed by atoms with van der Waals surface area (Å²) in [5.41, 5.74) is 1.07. The van der Waals surface area contributed by atoms with Crippen molar-refractivity contribution in [1.82, 2.24) is 30.1 Å². The number of rotatable bonds is 3. The summed E-state index contributed by atoms with van der Waals surface area (Å²) in [6.45, 7) is 2.97. The number of piperidine rings is 1. The SMILES string of the molecule is CCC1(C2CCN(C(=O)c3cnc4c(c3)ncn4C)CC2)NC(=O)NC1=O. The molecule has 4 amide bonds. The van der Waals surface area contributed by atoms with Crippen LogP contribution in [0.25, 0.3) is 11.2 Å². The lowest BCUT2D eigenvalue weighted by molar-refractivity contribution is -0.126. The fourth-order valence-corrected chi connectivity index (χ4v) is 4.22. The molecule has 0 aliphatic carbocycles. The molecule has 2 aliphatic rings. The summed E-state index contributed by atoms with van der Waals surface area (Å²) in [7, 11) is 1.86. The Bertz CT molecular complexity index is 930. The van der Waals surface area contributed by atoms with Crippen LogP contribution in [0.2, 0.25) is 0 Å². The fraction of sp³-hybridized carbons (Fsp3) is 0.500. The van der Waals surface area contributed by atoms with Crippen LogP contribution in [-0.4, -0.2) is 55.9 Å². The van der Waals surface area contributed by atoms with Gasteiger partial charge in [-0.3, -0.25) is 14.9 Å². The third kappa shape index (κ3) is 2.73. The highest BCUT2D eigenvalue weighted by molar-refractivity contribution is 6.07. The van der Waals surface area contributed by atoms with Crippen molar-refractivity contribution in [3.05, 3.63) is 24.2 Å². The van der Waals surface area contributed by atoms with E-state index in [1.165, 1.54) is 0 Å². The Labute approximate surface area is 156 Å². The molecule has 4 heterocycles. The second-order valence-electron chi connectivity index (χ2n) is 7.22. The van der Waals surface area contributed by atoms with Crippen LogP contribution < -0.4 is 10.6 Å². The predicted molar refractivity (Wildman–Crippen MR) is 96.8 cm³/mol. The van der Waals surface area contributed by atoms with E-state index in [-0.39, 0.29) is 17.7 Å². The van der Waals surface area contributed by atoms with Crippen molar-refractivity contribution in [2.75, 3.05) is 13.1 Å². The molecule has 2 aromatic heterocycles. The van der Waals surface area contributed by atoms with Crippen molar-refractivity contribution in [2.45, 2.75) is 31.7 Å². The molecule has 4 rings (SSSR count). The standard InChI is InChI=1S/C18H22N6O3/c1-3-18(16(26)21-17(27)22-18)12-4-6-24(7-5-12)15(25)11-8-13-14(19-9-11)23(2)10-20-13/h8-10,12H,3-7H2,1-2H3,(H2,21,22,26,27). The minimum absolute atomic E-state index is 0.00870. The number of likely N-dealkylation sites (tertiary alicyclic amines) is 1. The Morgan fingerprint density at radius 1 is 1.30 bits per heavy atom. The van der Waals surface area contributed by atoms with E-state index in [0.717, 1.165) is 5.65 Å². The molecule has 0 spiro atoms. The van der Waals surface area contributed by atoms with Crippen LogP contribution in [0.5, 0.6) is 0 Å². The van der Waals surface area contributed by atoms with E-state index in [4.69, 9.17) is 0 Å². The van der Waals surface area contributed by atoms with Gasteiger partial charge in [0.25, 0.3) is 11.8 Å². The Hall–Kier alpha value is -2.97. The summed E-state index contributed by atoms with van der Waals surface area (Å²) >= 11 is 0. The quantitative estimate of drug-likeness (QED) is 0.777. The number of nitrogens with zero attached hydrogens (tertiary/aromatic N) is 4. The third-order valence-electron chi connectivity index (χ3n) is 5.80. The lowest BCUT2D eigenvalue weighted by Crippen LogP contribution is -2.56. The first-order valence-electron chi connectivity index (χ1n) is 9.14. The zero-order valence-corrected chi connectivity index (χ0v) is 15.4. The molecule has 1 atom stereocenters. The fourth-order valence-electron chi connectivity index (χ4n) is 4.22. The van der Waals surface area contributed by atoms with Gasteiger partial charge in [-0.25, -0.2) is 14.8 Å². The molecule has 2 saturated heterocycles. The molecule has 2 aliphatic heterocycles. The first-order chi connectivity index (χ1) is 12.9. The number of hydrogen-bond donors (Lipinski definition) is 2. The summed E-state index contributed by atoms with van der Waals surface area (Å²) in [5.74, 6) is -0.335. The lowest BCUT2D eigenvalue weighted by Gasteiger charge is -2.40. The van der Waals surface area contributed by atoms with Gasteiger partial charge >= 0.3 is 6.03 Å². The molecule has 2 N–H and O–H groups in total. The molecule has 2 fully saturated rings. The van der Waals surface area contributed by atoms with Gasteiger partial charge in [0, 0.05) is 26.3 Å². The summed E-state index contributed by atoms with van der Waals surface area (Å²) in [6, 6.07) is 1.32. The maximum atomic E-state index is 12.8. The van der Waals surface area contributed by atoms with Gasteiger partial charge in [-0.05, 0) is 31.2 Å². The number of carbonyl (C=O) groups is 3. The minimum Gasteiger partial charge on any atom is -0.339 e. The van der Waals surface area contributed by atoms with E-state index in [0.29, 0.717) is 43.4 Å². The van der Waals surface area contributed by atoms with Gasteiger partial charge < -0.3 is 14.8 Å². The average Bonchev–Trinajstić information content (AvgIpc) is 3.20. The van der Waals surface area contributed by atoms with E-state index >= 15 is 0 Å². The molecule has 9 heteroatoms. The van der Waals surface area contributed by atoms with Gasteiger partial charge in [0.2, 0.25) is 0 Å². The molecule has 0 radical (unpaired) electrons. The number of hydrogen-bond acceptors (Lipinski definition) is 5. The van der Waals surface area contributed by atoms with Crippen molar-refractivity contribution in [1.29, 1.82) is 0 Å². The second kappa shape index (κ2) is 6.33. The molecule has 142 valence electrons. The highest BCUT2D eigenvalue weighted by Crippen LogP contribution is 2.33. The van der Waals surface area contributed by atoms with E-state index in [2.05, 4.69) is 20.6 Å². The van der Waals surface area contributed by atoms with Crippen LogP contribution in [0.4, 0.5) is 4.79 Å². The predicted octanol–water partition coefficient (Wildman–Crippen LogP) is 0.809. The molecule has 0 saturated carbocycles.